The van der Waals surface area contributed by atoms with Crippen molar-refractivity contribution >= 4 is 10.2 Å². The van der Waals surface area contributed by atoms with Gasteiger partial charge in [0.05, 0.1) is 6.54 Å². The van der Waals surface area contributed by atoms with Crippen molar-refractivity contribution in [2.24, 2.45) is 11.8 Å². The third-order valence-electron chi connectivity index (χ3n) is 3.56. The Balaban J connectivity index is 2.08. The van der Waals surface area contributed by atoms with Crippen LogP contribution in [0, 0.1) is 18.8 Å². The molecule has 1 aromatic rings. The molecule has 1 aliphatic rings. The highest BCUT2D eigenvalue weighted by Gasteiger charge is 2.33. The summed E-state index contributed by atoms with van der Waals surface area (Å²) in [6, 6.07) is 0. The van der Waals surface area contributed by atoms with Gasteiger partial charge < -0.3 is 0 Å². The number of aromatic nitrogens is 3. The van der Waals surface area contributed by atoms with Crippen LogP contribution >= 0.6 is 0 Å². The van der Waals surface area contributed by atoms with Crippen LogP contribution in [0.5, 0.6) is 0 Å². The van der Waals surface area contributed by atoms with Crippen LogP contribution in [0.3, 0.4) is 0 Å². The lowest BCUT2D eigenvalue weighted by molar-refractivity contribution is 0.211. The minimum absolute atomic E-state index is 0.186. The van der Waals surface area contributed by atoms with Crippen LogP contribution in [0.1, 0.15) is 31.9 Å². The van der Waals surface area contributed by atoms with E-state index in [-0.39, 0.29) is 6.54 Å². The summed E-state index contributed by atoms with van der Waals surface area (Å²) in [6.07, 6.45) is 1.08. The van der Waals surface area contributed by atoms with Gasteiger partial charge in [0.25, 0.3) is 10.2 Å². The molecule has 2 heterocycles. The van der Waals surface area contributed by atoms with Crippen molar-refractivity contribution in [2.45, 2.75) is 33.7 Å². The standard InChI is InChI=1S/C12H23N5O2S/c1-9-5-10(2)7-17(6-9)20(18,19)16(4)8-12-13-11(3)14-15-12/h9-10H,5-8H2,1-4H3,(H,13,14,15). The van der Waals surface area contributed by atoms with Gasteiger partial charge in [-0.15, -0.1) is 0 Å². The molecule has 20 heavy (non-hydrogen) atoms. The monoisotopic (exact) mass is 301 g/mol. The highest BCUT2D eigenvalue weighted by Crippen LogP contribution is 2.24. The maximum atomic E-state index is 12.6. The van der Waals surface area contributed by atoms with Gasteiger partial charge in [0.2, 0.25) is 0 Å². The van der Waals surface area contributed by atoms with Crippen molar-refractivity contribution in [3.8, 4) is 0 Å². The van der Waals surface area contributed by atoms with Crippen molar-refractivity contribution in [3.05, 3.63) is 11.6 Å². The highest BCUT2D eigenvalue weighted by atomic mass is 32.2. The zero-order valence-corrected chi connectivity index (χ0v) is 13.3. The van der Waals surface area contributed by atoms with Crippen LogP contribution in [-0.2, 0) is 16.8 Å². The molecule has 0 bridgehead atoms. The van der Waals surface area contributed by atoms with Gasteiger partial charge in [-0.2, -0.15) is 22.1 Å². The second-order valence-electron chi connectivity index (χ2n) is 5.86. The Hall–Kier alpha value is -0.990. The number of aryl methyl sites for hydroxylation is 1. The van der Waals surface area contributed by atoms with Crippen LogP contribution in [-0.4, -0.2) is 52.3 Å². The van der Waals surface area contributed by atoms with E-state index in [2.05, 4.69) is 29.0 Å². The minimum Gasteiger partial charge on any atom is -0.263 e. The molecule has 1 N–H and O–H groups in total. The predicted octanol–water partition coefficient (Wildman–Crippen LogP) is 0.768. The fourth-order valence-electron chi connectivity index (χ4n) is 2.73. The Morgan fingerprint density at radius 1 is 1.35 bits per heavy atom. The first-order chi connectivity index (χ1) is 9.29. The molecule has 2 rings (SSSR count). The van der Waals surface area contributed by atoms with Gasteiger partial charge in [-0.1, -0.05) is 13.8 Å². The Kier molecular flexibility index (Phi) is 4.46. The van der Waals surface area contributed by atoms with E-state index in [1.165, 1.54) is 4.31 Å². The molecule has 114 valence electrons. The summed E-state index contributed by atoms with van der Waals surface area (Å²) in [6.45, 7) is 7.34. The molecule has 0 saturated carbocycles. The number of aromatic amines is 1. The molecule has 1 aliphatic heterocycles. The van der Waals surface area contributed by atoms with Crippen molar-refractivity contribution in [1.82, 2.24) is 23.8 Å². The van der Waals surface area contributed by atoms with Gasteiger partial charge in [0.1, 0.15) is 5.82 Å². The summed E-state index contributed by atoms with van der Waals surface area (Å²) in [5.41, 5.74) is 0. The maximum absolute atomic E-state index is 12.6. The first-order valence-electron chi connectivity index (χ1n) is 6.88. The van der Waals surface area contributed by atoms with Gasteiger partial charge in [-0.3, -0.25) is 5.10 Å². The van der Waals surface area contributed by atoms with Gasteiger partial charge >= 0.3 is 0 Å². The minimum atomic E-state index is -3.44. The number of rotatable bonds is 4. The number of nitrogens with zero attached hydrogens (tertiary/aromatic N) is 4. The fourth-order valence-corrected chi connectivity index (χ4v) is 4.29. The molecule has 0 radical (unpaired) electrons. The Morgan fingerprint density at radius 3 is 2.45 bits per heavy atom. The summed E-state index contributed by atoms with van der Waals surface area (Å²) in [5.74, 6) is 1.97. The van der Waals surface area contributed by atoms with E-state index < -0.39 is 10.2 Å². The Labute approximate surface area is 120 Å². The van der Waals surface area contributed by atoms with Crippen LogP contribution in [0.4, 0.5) is 0 Å². The molecular weight excluding hydrogens is 278 g/mol. The summed E-state index contributed by atoms with van der Waals surface area (Å²) in [4.78, 5) is 4.15. The quantitative estimate of drug-likeness (QED) is 0.890. The molecule has 1 saturated heterocycles. The number of hydrogen-bond donors (Lipinski definition) is 1. The SMILES string of the molecule is Cc1nc(CN(C)S(=O)(=O)N2CC(C)CC(C)C2)n[nH]1. The van der Waals surface area contributed by atoms with E-state index in [0.29, 0.717) is 36.6 Å². The van der Waals surface area contributed by atoms with Gasteiger partial charge in [-0.25, -0.2) is 4.98 Å². The second-order valence-corrected chi connectivity index (χ2v) is 7.90. The van der Waals surface area contributed by atoms with Crippen LogP contribution in [0.25, 0.3) is 0 Å². The molecule has 2 atom stereocenters. The number of H-pyrrole nitrogens is 1. The lowest BCUT2D eigenvalue weighted by atomic mass is 9.94. The summed E-state index contributed by atoms with van der Waals surface area (Å²) in [5, 5.41) is 6.71. The summed E-state index contributed by atoms with van der Waals surface area (Å²) < 4.78 is 28.0. The molecule has 1 aromatic heterocycles. The van der Waals surface area contributed by atoms with Crippen molar-refractivity contribution in [2.75, 3.05) is 20.1 Å². The molecule has 0 aliphatic carbocycles. The summed E-state index contributed by atoms with van der Waals surface area (Å²) in [7, 11) is -1.87. The van der Waals surface area contributed by atoms with Crippen molar-refractivity contribution in [3.63, 3.8) is 0 Å². The lowest BCUT2D eigenvalue weighted by Gasteiger charge is -2.36. The highest BCUT2D eigenvalue weighted by molar-refractivity contribution is 7.86. The van der Waals surface area contributed by atoms with Crippen LogP contribution < -0.4 is 0 Å². The fraction of sp³-hybridized carbons (Fsp3) is 0.833. The van der Waals surface area contributed by atoms with Crippen LogP contribution in [0.2, 0.25) is 0 Å². The van der Waals surface area contributed by atoms with Gasteiger partial charge in [0, 0.05) is 20.1 Å². The van der Waals surface area contributed by atoms with Crippen molar-refractivity contribution < 1.29 is 8.42 Å². The van der Waals surface area contributed by atoms with Gasteiger partial charge in [0.15, 0.2) is 5.82 Å². The average molecular weight is 301 g/mol. The van der Waals surface area contributed by atoms with E-state index in [4.69, 9.17) is 0 Å². The van der Waals surface area contributed by atoms with Crippen LogP contribution in [0.15, 0.2) is 0 Å². The summed E-state index contributed by atoms with van der Waals surface area (Å²) >= 11 is 0. The number of piperidine rings is 1. The molecule has 0 amide bonds. The van der Waals surface area contributed by atoms with E-state index in [0.717, 1.165) is 6.42 Å². The normalized spacial score (nSPS) is 25.2. The largest absolute Gasteiger partial charge is 0.282 e. The van der Waals surface area contributed by atoms with E-state index in [1.807, 2.05) is 0 Å². The topological polar surface area (TPSA) is 82.2 Å². The third kappa shape index (κ3) is 3.36. The Bertz CT molecular complexity index is 546. The predicted molar refractivity (Wildman–Crippen MR) is 76.0 cm³/mol. The molecule has 0 spiro atoms. The zero-order valence-electron chi connectivity index (χ0n) is 12.5. The first kappa shape index (κ1) is 15.4. The molecule has 7 nitrogen and oxygen atoms in total. The molecular formula is C12H23N5O2S. The average Bonchev–Trinajstić information content (AvgIpc) is 2.73. The molecule has 0 aromatic carbocycles. The third-order valence-corrected chi connectivity index (χ3v) is 5.43. The second kappa shape index (κ2) is 5.79. The maximum Gasteiger partial charge on any atom is 0.282 e. The molecule has 1 fully saturated rings. The molecule has 2 unspecified atom stereocenters. The van der Waals surface area contributed by atoms with Gasteiger partial charge in [-0.05, 0) is 25.2 Å². The Morgan fingerprint density at radius 2 is 1.95 bits per heavy atom. The van der Waals surface area contributed by atoms with E-state index in [9.17, 15) is 8.42 Å². The molecule has 8 heteroatoms. The lowest BCUT2D eigenvalue weighted by Crippen LogP contribution is -2.48. The number of nitrogens with one attached hydrogen (secondary N) is 1. The first-order valence-corrected chi connectivity index (χ1v) is 8.28. The van der Waals surface area contributed by atoms with E-state index in [1.54, 1.807) is 18.3 Å². The zero-order chi connectivity index (χ0) is 14.9. The smallest absolute Gasteiger partial charge is 0.263 e. The number of hydrogen-bond acceptors (Lipinski definition) is 4. The van der Waals surface area contributed by atoms with E-state index >= 15 is 0 Å². The van der Waals surface area contributed by atoms with Crippen molar-refractivity contribution in [1.29, 1.82) is 0 Å².